The van der Waals surface area contributed by atoms with E-state index in [0.29, 0.717) is 5.92 Å². The molecule has 0 heterocycles. The van der Waals surface area contributed by atoms with Gasteiger partial charge in [-0.15, -0.1) is 0 Å². The van der Waals surface area contributed by atoms with Gasteiger partial charge in [0.2, 0.25) is 0 Å². The number of rotatable bonds is 4. The lowest BCUT2D eigenvalue weighted by Crippen LogP contribution is -2.24. The smallest absolute Gasteiger partial charge is 0.0252 e. The van der Waals surface area contributed by atoms with Gasteiger partial charge in [0.1, 0.15) is 0 Å². The molecule has 0 saturated carbocycles. The molecule has 0 aliphatic rings. The zero-order valence-corrected chi connectivity index (χ0v) is 8.98. The molecule has 0 bridgehead atoms. The quantitative estimate of drug-likeness (QED) is 0.774. The molecule has 0 aliphatic heterocycles. The average Bonchev–Trinajstić information content (AvgIpc) is 2.26. The van der Waals surface area contributed by atoms with Gasteiger partial charge in [-0.25, -0.2) is 0 Å². The van der Waals surface area contributed by atoms with Crippen molar-refractivity contribution in [1.82, 2.24) is 0 Å². The predicted octanol–water partition coefficient (Wildman–Crippen LogP) is 3.07. The van der Waals surface area contributed by atoms with Crippen molar-refractivity contribution in [3.05, 3.63) is 42.0 Å². The Morgan fingerprint density at radius 1 is 1.29 bits per heavy atom. The summed E-state index contributed by atoms with van der Waals surface area (Å²) in [6.45, 7) is 4.35. The van der Waals surface area contributed by atoms with Gasteiger partial charge in [0.25, 0.3) is 0 Å². The summed E-state index contributed by atoms with van der Waals surface area (Å²) in [5, 5.41) is 0. The molecule has 0 saturated heterocycles. The highest BCUT2D eigenvalue weighted by molar-refractivity contribution is 5.49. The van der Waals surface area contributed by atoms with Crippen LogP contribution in [0.2, 0.25) is 0 Å². The van der Waals surface area contributed by atoms with E-state index in [-0.39, 0.29) is 6.04 Å². The van der Waals surface area contributed by atoms with Crippen LogP contribution in [0.5, 0.6) is 0 Å². The molecule has 0 aliphatic carbocycles. The normalized spacial score (nSPS) is 15.6. The lowest BCUT2D eigenvalue weighted by atomic mass is 9.99. The van der Waals surface area contributed by atoms with Crippen LogP contribution >= 0.6 is 0 Å². The van der Waals surface area contributed by atoms with Crippen molar-refractivity contribution in [1.29, 1.82) is 0 Å². The first kappa shape index (κ1) is 11.0. The van der Waals surface area contributed by atoms with Gasteiger partial charge in [-0.05, 0) is 11.5 Å². The Hall–Kier alpha value is -1.08. The van der Waals surface area contributed by atoms with Crippen molar-refractivity contribution < 1.29 is 0 Å². The molecule has 0 aromatic heterocycles. The van der Waals surface area contributed by atoms with Crippen molar-refractivity contribution >= 4 is 6.08 Å². The van der Waals surface area contributed by atoms with E-state index in [1.165, 1.54) is 5.56 Å². The third-order valence-electron chi connectivity index (χ3n) is 2.61. The molecule has 0 radical (unpaired) electrons. The van der Waals surface area contributed by atoms with Crippen LogP contribution in [0.3, 0.4) is 0 Å². The van der Waals surface area contributed by atoms with Crippen LogP contribution in [0.15, 0.2) is 36.4 Å². The molecular weight excluding hydrogens is 170 g/mol. The van der Waals surface area contributed by atoms with Crippen LogP contribution in [-0.4, -0.2) is 6.04 Å². The first-order valence-corrected chi connectivity index (χ1v) is 5.23. The Labute approximate surface area is 86.6 Å². The summed E-state index contributed by atoms with van der Waals surface area (Å²) >= 11 is 0. The van der Waals surface area contributed by atoms with E-state index in [1.54, 1.807) is 0 Å². The zero-order valence-electron chi connectivity index (χ0n) is 8.98. The summed E-state index contributed by atoms with van der Waals surface area (Å²) < 4.78 is 0. The number of hydrogen-bond acceptors (Lipinski definition) is 1. The van der Waals surface area contributed by atoms with Gasteiger partial charge >= 0.3 is 0 Å². The van der Waals surface area contributed by atoms with E-state index in [9.17, 15) is 0 Å². The Kier molecular flexibility index (Phi) is 4.41. The lowest BCUT2D eigenvalue weighted by Gasteiger charge is -2.13. The summed E-state index contributed by atoms with van der Waals surface area (Å²) in [6.07, 6.45) is 5.31. The highest BCUT2D eigenvalue weighted by Gasteiger charge is 2.05. The van der Waals surface area contributed by atoms with Crippen LogP contribution in [0, 0.1) is 5.92 Å². The van der Waals surface area contributed by atoms with E-state index < -0.39 is 0 Å². The SMILES string of the molecule is CCC(C)C(N)/C=C/c1ccccc1. The predicted molar refractivity (Wildman–Crippen MR) is 62.9 cm³/mol. The van der Waals surface area contributed by atoms with E-state index in [0.717, 1.165) is 6.42 Å². The van der Waals surface area contributed by atoms with Crippen LogP contribution in [0.25, 0.3) is 6.08 Å². The first-order chi connectivity index (χ1) is 6.74. The summed E-state index contributed by atoms with van der Waals surface area (Å²) in [5.41, 5.74) is 7.20. The minimum absolute atomic E-state index is 0.167. The highest BCUT2D eigenvalue weighted by atomic mass is 14.6. The molecule has 0 fully saturated rings. The molecule has 2 unspecified atom stereocenters. The van der Waals surface area contributed by atoms with E-state index >= 15 is 0 Å². The van der Waals surface area contributed by atoms with Crippen LogP contribution < -0.4 is 5.73 Å². The average molecular weight is 189 g/mol. The van der Waals surface area contributed by atoms with Crippen molar-refractivity contribution in [3.8, 4) is 0 Å². The van der Waals surface area contributed by atoms with Gasteiger partial charge in [0.15, 0.2) is 0 Å². The fraction of sp³-hybridized carbons (Fsp3) is 0.385. The molecule has 1 aromatic rings. The van der Waals surface area contributed by atoms with Gasteiger partial charge in [0.05, 0.1) is 0 Å². The topological polar surface area (TPSA) is 26.0 Å². The molecular formula is C13H19N. The molecule has 1 heteroatoms. The van der Waals surface area contributed by atoms with Gasteiger partial charge in [-0.1, -0.05) is 62.8 Å². The van der Waals surface area contributed by atoms with E-state index in [1.807, 2.05) is 18.2 Å². The largest absolute Gasteiger partial charge is 0.324 e. The third kappa shape index (κ3) is 3.35. The molecule has 2 atom stereocenters. The monoisotopic (exact) mass is 189 g/mol. The second-order valence-electron chi connectivity index (χ2n) is 3.73. The summed E-state index contributed by atoms with van der Waals surface area (Å²) in [7, 11) is 0. The Morgan fingerprint density at radius 3 is 2.50 bits per heavy atom. The molecule has 1 rings (SSSR count). The Balaban J connectivity index is 2.56. The molecule has 0 spiro atoms. The van der Waals surface area contributed by atoms with Crippen molar-refractivity contribution in [2.24, 2.45) is 11.7 Å². The number of benzene rings is 1. The third-order valence-corrected chi connectivity index (χ3v) is 2.61. The van der Waals surface area contributed by atoms with Gasteiger partial charge in [-0.3, -0.25) is 0 Å². The van der Waals surface area contributed by atoms with E-state index in [2.05, 4.69) is 38.1 Å². The molecule has 76 valence electrons. The van der Waals surface area contributed by atoms with Crippen LogP contribution in [-0.2, 0) is 0 Å². The second-order valence-corrected chi connectivity index (χ2v) is 3.73. The number of hydrogen-bond donors (Lipinski definition) is 1. The fourth-order valence-electron chi connectivity index (χ4n) is 1.25. The Bertz CT molecular complexity index is 277. The fourth-order valence-corrected chi connectivity index (χ4v) is 1.25. The molecule has 14 heavy (non-hydrogen) atoms. The lowest BCUT2D eigenvalue weighted by molar-refractivity contribution is 0.504. The maximum absolute atomic E-state index is 5.99. The first-order valence-electron chi connectivity index (χ1n) is 5.23. The van der Waals surface area contributed by atoms with Gasteiger partial charge < -0.3 is 5.73 Å². The second kappa shape index (κ2) is 5.61. The summed E-state index contributed by atoms with van der Waals surface area (Å²) in [6, 6.07) is 10.4. The maximum Gasteiger partial charge on any atom is 0.0252 e. The van der Waals surface area contributed by atoms with Crippen LogP contribution in [0.1, 0.15) is 25.8 Å². The number of nitrogens with two attached hydrogens (primary N) is 1. The molecule has 1 nitrogen and oxygen atoms in total. The van der Waals surface area contributed by atoms with Gasteiger partial charge in [0, 0.05) is 6.04 Å². The maximum atomic E-state index is 5.99. The van der Waals surface area contributed by atoms with Gasteiger partial charge in [-0.2, -0.15) is 0 Å². The minimum Gasteiger partial charge on any atom is -0.324 e. The molecule has 2 N–H and O–H groups in total. The zero-order chi connectivity index (χ0) is 10.4. The minimum atomic E-state index is 0.167. The van der Waals surface area contributed by atoms with E-state index in [4.69, 9.17) is 5.73 Å². The highest BCUT2D eigenvalue weighted by Crippen LogP contribution is 2.08. The van der Waals surface area contributed by atoms with Crippen molar-refractivity contribution in [2.75, 3.05) is 0 Å². The molecule has 0 amide bonds. The Morgan fingerprint density at radius 2 is 1.93 bits per heavy atom. The van der Waals surface area contributed by atoms with Crippen molar-refractivity contribution in [2.45, 2.75) is 26.3 Å². The summed E-state index contributed by atoms with van der Waals surface area (Å²) in [5.74, 6) is 0.551. The molecule has 1 aromatic carbocycles. The van der Waals surface area contributed by atoms with Crippen molar-refractivity contribution in [3.63, 3.8) is 0 Å². The van der Waals surface area contributed by atoms with Crippen LogP contribution in [0.4, 0.5) is 0 Å². The standard InChI is InChI=1S/C13H19N/c1-3-11(2)13(14)10-9-12-7-5-4-6-8-12/h4-11,13H,3,14H2,1-2H3/b10-9+. The summed E-state index contributed by atoms with van der Waals surface area (Å²) in [4.78, 5) is 0.